The Morgan fingerprint density at radius 3 is 2.35 bits per heavy atom. The number of nitrogens with two attached hydrogens (primary N) is 1. The first kappa shape index (κ1) is 11.8. The van der Waals surface area contributed by atoms with Gasteiger partial charge in [-0.25, -0.2) is 4.98 Å². The van der Waals surface area contributed by atoms with Crippen LogP contribution in [0.15, 0.2) is 30.3 Å². The minimum atomic E-state index is -0.250. The van der Waals surface area contributed by atoms with Crippen LogP contribution in [0.25, 0.3) is 0 Å². The van der Waals surface area contributed by atoms with Crippen molar-refractivity contribution in [2.75, 3.05) is 0 Å². The van der Waals surface area contributed by atoms with E-state index in [2.05, 4.69) is 36.0 Å². The quantitative estimate of drug-likeness (QED) is 0.830. The Labute approximate surface area is 101 Å². The van der Waals surface area contributed by atoms with Gasteiger partial charge in [-0.2, -0.15) is 5.10 Å². The summed E-state index contributed by atoms with van der Waals surface area (Å²) in [6.07, 6.45) is 0. The second-order valence-corrected chi connectivity index (χ2v) is 5.18. The van der Waals surface area contributed by atoms with E-state index in [1.54, 1.807) is 0 Å². The summed E-state index contributed by atoms with van der Waals surface area (Å²) in [7, 11) is 0. The van der Waals surface area contributed by atoms with Crippen LogP contribution < -0.4 is 5.73 Å². The van der Waals surface area contributed by atoms with Crippen molar-refractivity contribution < 1.29 is 0 Å². The lowest BCUT2D eigenvalue weighted by molar-refractivity contribution is 0.547. The van der Waals surface area contributed by atoms with Gasteiger partial charge in [0.05, 0.1) is 6.04 Å². The fourth-order valence-electron chi connectivity index (χ4n) is 1.57. The standard InChI is InChI=1S/C13H18N4/c1-13(2,3)12-15-11(16-17-12)10(14)9-7-5-4-6-8-9/h4-8,10H,14H2,1-3H3,(H,15,16,17). The average molecular weight is 230 g/mol. The molecule has 1 unspecified atom stereocenters. The molecule has 0 spiro atoms. The van der Waals surface area contributed by atoms with Gasteiger partial charge in [-0.1, -0.05) is 51.1 Å². The second-order valence-electron chi connectivity index (χ2n) is 5.18. The molecule has 4 nitrogen and oxygen atoms in total. The Hall–Kier alpha value is -1.68. The number of hydrogen-bond acceptors (Lipinski definition) is 3. The molecule has 3 N–H and O–H groups in total. The molecule has 0 radical (unpaired) electrons. The molecular formula is C13H18N4. The smallest absolute Gasteiger partial charge is 0.156 e. The van der Waals surface area contributed by atoms with Crippen LogP contribution in [0, 0.1) is 0 Å². The van der Waals surface area contributed by atoms with Crippen LogP contribution in [-0.4, -0.2) is 15.2 Å². The first-order chi connectivity index (χ1) is 7.98. The predicted octanol–water partition coefficient (Wildman–Crippen LogP) is 2.15. The van der Waals surface area contributed by atoms with Crippen molar-refractivity contribution in [3.05, 3.63) is 47.5 Å². The summed E-state index contributed by atoms with van der Waals surface area (Å²) in [5.41, 5.74) is 7.11. The third kappa shape index (κ3) is 2.53. The third-order valence-corrected chi connectivity index (χ3v) is 2.63. The topological polar surface area (TPSA) is 67.6 Å². The monoisotopic (exact) mass is 230 g/mol. The molecule has 4 heteroatoms. The zero-order valence-electron chi connectivity index (χ0n) is 10.4. The largest absolute Gasteiger partial charge is 0.318 e. The maximum Gasteiger partial charge on any atom is 0.156 e. The summed E-state index contributed by atoms with van der Waals surface area (Å²) < 4.78 is 0. The van der Waals surface area contributed by atoms with Gasteiger partial charge >= 0.3 is 0 Å². The summed E-state index contributed by atoms with van der Waals surface area (Å²) in [5.74, 6) is 1.50. The van der Waals surface area contributed by atoms with E-state index in [1.165, 1.54) is 0 Å². The minimum Gasteiger partial charge on any atom is -0.318 e. The van der Waals surface area contributed by atoms with Gasteiger partial charge < -0.3 is 5.73 Å². The Balaban J connectivity index is 2.27. The van der Waals surface area contributed by atoms with Crippen molar-refractivity contribution in [1.82, 2.24) is 15.2 Å². The number of rotatable bonds is 2. The molecule has 0 aliphatic rings. The van der Waals surface area contributed by atoms with Crippen LogP contribution in [0.2, 0.25) is 0 Å². The van der Waals surface area contributed by atoms with E-state index in [4.69, 9.17) is 5.73 Å². The molecule has 0 bridgehead atoms. The SMILES string of the molecule is CC(C)(C)c1n[nH]c(C(N)c2ccccc2)n1. The van der Waals surface area contributed by atoms with E-state index in [1.807, 2.05) is 30.3 Å². The van der Waals surface area contributed by atoms with Gasteiger partial charge in [0, 0.05) is 5.41 Å². The highest BCUT2D eigenvalue weighted by Crippen LogP contribution is 2.21. The Kier molecular flexibility index (Phi) is 2.98. The maximum absolute atomic E-state index is 6.14. The van der Waals surface area contributed by atoms with Gasteiger partial charge in [0.15, 0.2) is 5.82 Å². The number of aromatic amines is 1. The van der Waals surface area contributed by atoms with Crippen molar-refractivity contribution in [2.24, 2.45) is 5.73 Å². The number of nitrogens with one attached hydrogen (secondary N) is 1. The molecule has 90 valence electrons. The molecule has 0 aliphatic heterocycles. The highest BCUT2D eigenvalue weighted by molar-refractivity contribution is 5.24. The molecule has 2 rings (SSSR count). The highest BCUT2D eigenvalue weighted by atomic mass is 15.2. The predicted molar refractivity (Wildman–Crippen MR) is 67.6 cm³/mol. The van der Waals surface area contributed by atoms with Gasteiger partial charge in [-0.3, -0.25) is 5.10 Å². The summed E-state index contributed by atoms with van der Waals surface area (Å²) in [6.45, 7) is 6.23. The summed E-state index contributed by atoms with van der Waals surface area (Å²) in [4.78, 5) is 4.47. The van der Waals surface area contributed by atoms with Crippen LogP contribution in [0.1, 0.15) is 44.0 Å². The molecule has 1 aromatic carbocycles. The van der Waals surface area contributed by atoms with Crippen LogP contribution in [0.4, 0.5) is 0 Å². The molecule has 17 heavy (non-hydrogen) atoms. The van der Waals surface area contributed by atoms with Crippen molar-refractivity contribution >= 4 is 0 Å². The van der Waals surface area contributed by atoms with Gasteiger partial charge in [0.25, 0.3) is 0 Å². The Morgan fingerprint density at radius 2 is 1.82 bits per heavy atom. The third-order valence-electron chi connectivity index (χ3n) is 2.63. The molecule has 0 fully saturated rings. The molecule has 1 aromatic heterocycles. The number of hydrogen-bond donors (Lipinski definition) is 2. The molecule has 0 amide bonds. The number of aromatic nitrogens is 3. The highest BCUT2D eigenvalue weighted by Gasteiger charge is 2.21. The lowest BCUT2D eigenvalue weighted by Gasteiger charge is -2.12. The van der Waals surface area contributed by atoms with Gasteiger partial charge in [-0.05, 0) is 5.56 Å². The van der Waals surface area contributed by atoms with E-state index in [0.29, 0.717) is 5.82 Å². The summed E-state index contributed by atoms with van der Waals surface area (Å²) in [5, 5.41) is 7.14. The van der Waals surface area contributed by atoms with Crippen molar-refractivity contribution in [1.29, 1.82) is 0 Å². The van der Waals surface area contributed by atoms with Crippen LogP contribution in [0.3, 0.4) is 0 Å². The Morgan fingerprint density at radius 1 is 1.18 bits per heavy atom. The van der Waals surface area contributed by atoms with E-state index < -0.39 is 0 Å². The molecule has 1 heterocycles. The second kappa shape index (κ2) is 4.30. The molecule has 1 atom stereocenters. The van der Waals surface area contributed by atoms with Crippen LogP contribution in [-0.2, 0) is 5.41 Å². The summed E-state index contributed by atoms with van der Waals surface area (Å²) in [6, 6.07) is 9.64. The lowest BCUT2D eigenvalue weighted by Crippen LogP contribution is -2.15. The van der Waals surface area contributed by atoms with Crippen LogP contribution in [0.5, 0.6) is 0 Å². The molecule has 2 aromatic rings. The molecule has 0 aliphatic carbocycles. The molecular weight excluding hydrogens is 212 g/mol. The summed E-state index contributed by atoms with van der Waals surface area (Å²) >= 11 is 0. The van der Waals surface area contributed by atoms with Crippen molar-refractivity contribution in [3.8, 4) is 0 Å². The maximum atomic E-state index is 6.14. The number of nitrogens with zero attached hydrogens (tertiary/aromatic N) is 2. The van der Waals surface area contributed by atoms with Crippen molar-refractivity contribution in [2.45, 2.75) is 32.2 Å². The first-order valence-corrected chi connectivity index (χ1v) is 5.72. The zero-order chi connectivity index (χ0) is 12.5. The van der Waals surface area contributed by atoms with Gasteiger partial charge in [0.1, 0.15) is 5.82 Å². The number of H-pyrrole nitrogens is 1. The van der Waals surface area contributed by atoms with Gasteiger partial charge in [-0.15, -0.1) is 0 Å². The average Bonchev–Trinajstić information content (AvgIpc) is 2.78. The van der Waals surface area contributed by atoms with E-state index >= 15 is 0 Å². The zero-order valence-corrected chi connectivity index (χ0v) is 10.4. The Bertz CT molecular complexity index is 482. The van der Waals surface area contributed by atoms with Crippen LogP contribution >= 0.6 is 0 Å². The fourth-order valence-corrected chi connectivity index (χ4v) is 1.57. The molecule has 0 saturated heterocycles. The normalized spacial score (nSPS) is 13.6. The van der Waals surface area contributed by atoms with E-state index in [0.717, 1.165) is 11.4 Å². The lowest BCUT2D eigenvalue weighted by atomic mass is 9.96. The fraction of sp³-hybridized carbons (Fsp3) is 0.385. The van der Waals surface area contributed by atoms with E-state index in [-0.39, 0.29) is 11.5 Å². The minimum absolute atomic E-state index is 0.0643. The van der Waals surface area contributed by atoms with Gasteiger partial charge in [0.2, 0.25) is 0 Å². The van der Waals surface area contributed by atoms with Crippen molar-refractivity contribution in [3.63, 3.8) is 0 Å². The van der Waals surface area contributed by atoms with E-state index in [9.17, 15) is 0 Å². The molecule has 0 saturated carbocycles. The number of benzene rings is 1. The first-order valence-electron chi connectivity index (χ1n) is 5.72.